The second kappa shape index (κ2) is 12.3. The zero-order valence-electron chi connectivity index (χ0n) is 22.3. The molecule has 8 nitrogen and oxygen atoms in total. The monoisotopic (exact) mass is 504 g/mol. The number of nitrogens with one attached hydrogen (secondary N) is 2. The molecule has 0 saturated heterocycles. The zero-order valence-corrected chi connectivity index (χ0v) is 22.3. The van der Waals surface area contributed by atoms with E-state index in [0.29, 0.717) is 49.1 Å². The Kier molecular flexibility index (Phi) is 9.22. The molecule has 0 aliphatic carbocycles. The maximum absolute atomic E-state index is 12.6. The molecule has 2 N–H and O–H groups in total. The quantitative estimate of drug-likeness (QED) is 0.279. The number of allylic oxidation sites excluding steroid dienone is 1. The molecule has 3 rings (SSSR count). The fourth-order valence-corrected chi connectivity index (χ4v) is 3.77. The van der Waals surface area contributed by atoms with Crippen LogP contribution in [0.3, 0.4) is 0 Å². The maximum atomic E-state index is 12.6. The number of nitrogens with zero attached hydrogens (tertiary/aromatic N) is 2. The molecular weight excluding hydrogens is 468 g/mol. The molecule has 0 spiro atoms. The second-order valence-corrected chi connectivity index (χ2v) is 10.2. The Hall–Kier alpha value is -3.94. The van der Waals surface area contributed by atoms with Crippen molar-refractivity contribution < 1.29 is 14.3 Å². The van der Waals surface area contributed by atoms with Gasteiger partial charge in [0.25, 0.3) is 5.56 Å². The van der Waals surface area contributed by atoms with Crippen LogP contribution in [0.5, 0.6) is 0 Å². The Morgan fingerprint density at radius 3 is 2.49 bits per heavy atom. The van der Waals surface area contributed by atoms with Gasteiger partial charge >= 0.3 is 6.09 Å². The Labute approximate surface area is 217 Å². The van der Waals surface area contributed by atoms with Gasteiger partial charge in [0.05, 0.1) is 11.1 Å². The lowest BCUT2D eigenvalue weighted by Crippen LogP contribution is -2.37. The number of hydrogen-bond donors (Lipinski definition) is 2. The van der Waals surface area contributed by atoms with Crippen LogP contribution in [0.1, 0.15) is 53.9 Å². The molecule has 2 amide bonds. The van der Waals surface area contributed by atoms with Crippen molar-refractivity contribution in [1.82, 2.24) is 15.1 Å². The van der Waals surface area contributed by atoms with Crippen molar-refractivity contribution >= 4 is 28.5 Å². The summed E-state index contributed by atoms with van der Waals surface area (Å²) in [5, 5.41) is 11.0. The van der Waals surface area contributed by atoms with Crippen molar-refractivity contribution in [3.8, 4) is 11.3 Å². The van der Waals surface area contributed by atoms with Crippen molar-refractivity contribution in [2.24, 2.45) is 0 Å². The van der Waals surface area contributed by atoms with Gasteiger partial charge in [-0.15, -0.1) is 0 Å². The summed E-state index contributed by atoms with van der Waals surface area (Å²) in [5.41, 5.74) is 2.40. The van der Waals surface area contributed by atoms with E-state index in [0.717, 1.165) is 16.5 Å². The number of aromatic amines is 1. The molecular formula is C29H36N4O4. The molecule has 0 saturated carbocycles. The van der Waals surface area contributed by atoms with Crippen LogP contribution >= 0.6 is 0 Å². The van der Waals surface area contributed by atoms with E-state index in [1.54, 1.807) is 11.0 Å². The number of aromatic nitrogens is 2. The fourth-order valence-electron chi connectivity index (χ4n) is 3.77. The van der Waals surface area contributed by atoms with Gasteiger partial charge in [-0.1, -0.05) is 42.0 Å². The van der Waals surface area contributed by atoms with E-state index in [-0.39, 0.29) is 17.6 Å². The van der Waals surface area contributed by atoms with E-state index in [4.69, 9.17) is 4.74 Å². The summed E-state index contributed by atoms with van der Waals surface area (Å²) in [6.07, 6.45) is 3.27. The van der Waals surface area contributed by atoms with Crippen LogP contribution in [0.15, 0.2) is 65.0 Å². The van der Waals surface area contributed by atoms with Crippen LogP contribution in [-0.4, -0.2) is 45.8 Å². The van der Waals surface area contributed by atoms with Crippen molar-refractivity contribution in [2.45, 2.75) is 59.5 Å². The lowest BCUT2D eigenvalue weighted by Gasteiger charge is -2.26. The number of rotatable bonds is 9. The van der Waals surface area contributed by atoms with Crippen LogP contribution in [0, 0.1) is 0 Å². The first-order valence-electron chi connectivity index (χ1n) is 12.5. The predicted octanol–water partition coefficient (Wildman–Crippen LogP) is 5.90. The molecule has 196 valence electrons. The van der Waals surface area contributed by atoms with Crippen molar-refractivity contribution in [2.75, 3.05) is 18.4 Å². The minimum atomic E-state index is -0.564. The molecule has 0 atom stereocenters. The van der Waals surface area contributed by atoms with Gasteiger partial charge in [-0.25, -0.2) is 9.89 Å². The average Bonchev–Trinajstić information content (AvgIpc) is 2.83. The van der Waals surface area contributed by atoms with Gasteiger partial charge in [-0.05, 0) is 65.7 Å². The first-order valence-corrected chi connectivity index (χ1v) is 12.5. The van der Waals surface area contributed by atoms with Crippen molar-refractivity contribution in [1.29, 1.82) is 0 Å². The normalized spacial score (nSPS) is 11.2. The standard InChI is InChI=1S/C29H36N4O4/c1-20(2)16-18-33(28(36)37-29(3,4)5)17-9-8-15-25(34)30-22-12-10-11-21(19-22)26-23-13-6-7-14-24(23)27(35)32-31-26/h6-7,10-14,16,19H,8-9,15,17-18H2,1-5H3,(H,30,34)(H,32,35). The van der Waals surface area contributed by atoms with Crippen LogP contribution in [0.25, 0.3) is 22.0 Å². The SMILES string of the molecule is CC(C)=CCN(CCCCC(=O)Nc1cccc(-c2n[nH]c(=O)c3ccccc23)c1)C(=O)OC(C)(C)C. The van der Waals surface area contributed by atoms with E-state index in [9.17, 15) is 14.4 Å². The Bertz CT molecular complexity index is 1330. The minimum absolute atomic E-state index is 0.107. The molecule has 0 aliphatic heterocycles. The largest absolute Gasteiger partial charge is 0.444 e. The van der Waals surface area contributed by atoms with E-state index >= 15 is 0 Å². The topological polar surface area (TPSA) is 104 Å². The number of unbranched alkanes of at least 4 members (excludes halogenated alkanes) is 1. The second-order valence-electron chi connectivity index (χ2n) is 10.2. The third kappa shape index (κ3) is 8.31. The molecule has 0 fully saturated rings. The number of hydrogen-bond acceptors (Lipinski definition) is 5. The number of fused-ring (bicyclic) bond motifs is 1. The summed E-state index contributed by atoms with van der Waals surface area (Å²) in [5.74, 6) is -0.107. The zero-order chi connectivity index (χ0) is 27.0. The minimum Gasteiger partial charge on any atom is -0.444 e. The highest BCUT2D eigenvalue weighted by Gasteiger charge is 2.21. The summed E-state index contributed by atoms with van der Waals surface area (Å²) in [4.78, 5) is 38.9. The van der Waals surface area contributed by atoms with E-state index in [2.05, 4.69) is 15.5 Å². The molecule has 0 aliphatic rings. The average molecular weight is 505 g/mol. The summed E-state index contributed by atoms with van der Waals surface area (Å²) in [7, 11) is 0. The van der Waals surface area contributed by atoms with E-state index in [1.807, 2.05) is 83.2 Å². The van der Waals surface area contributed by atoms with Gasteiger partial charge in [0.1, 0.15) is 5.60 Å². The lowest BCUT2D eigenvalue weighted by atomic mass is 10.0. The van der Waals surface area contributed by atoms with Gasteiger partial charge in [-0.3, -0.25) is 9.59 Å². The molecule has 2 aromatic carbocycles. The van der Waals surface area contributed by atoms with Gasteiger partial charge in [-0.2, -0.15) is 5.10 Å². The summed E-state index contributed by atoms with van der Waals surface area (Å²) >= 11 is 0. The summed E-state index contributed by atoms with van der Waals surface area (Å²) in [6, 6.07) is 14.7. The van der Waals surface area contributed by atoms with E-state index < -0.39 is 5.60 Å². The van der Waals surface area contributed by atoms with Crippen LogP contribution in [0.4, 0.5) is 10.5 Å². The van der Waals surface area contributed by atoms with Gasteiger partial charge in [0.15, 0.2) is 0 Å². The number of carbonyl (C=O) groups is 2. The molecule has 0 bridgehead atoms. The molecule has 0 unspecified atom stereocenters. The number of anilines is 1. The van der Waals surface area contributed by atoms with Crippen LogP contribution in [0.2, 0.25) is 0 Å². The number of carbonyl (C=O) groups excluding carboxylic acids is 2. The fraction of sp³-hybridized carbons (Fsp3) is 0.379. The van der Waals surface area contributed by atoms with E-state index in [1.165, 1.54) is 0 Å². The summed E-state index contributed by atoms with van der Waals surface area (Å²) in [6.45, 7) is 10.5. The highest BCUT2D eigenvalue weighted by Crippen LogP contribution is 2.26. The van der Waals surface area contributed by atoms with Gasteiger partial charge in [0.2, 0.25) is 5.91 Å². The molecule has 0 radical (unpaired) electrons. The smallest absolute Gasteiger partial charge is 0.410 e. The van der Waals surface area contributed by atoms with Gasteiger partial charge < -0.3 is 15.0 Å². The molecule has 3 aromatic rings. The maximum Gasteiger partial charge on any atom is 0.410 e. The number of amides is 2. The van der Waals surface area contributed by atoms with Crippen LogP contribution in [-0.2, 0) is 9.53 Å². The first kappa shape index (κ1) is 27.6. The van der Waals surface area contributed by atoms with Crippen molar-refractivity contribution in [3.63, 3.8) is 0 Å². The van der Waals surface area contributed by atoms with Crippen LogP contribution < -0.4 is 10.9 Å². The van der Waals surface area contributed by atoms with Crippen molar-refractivity contribution in [3.05, 3.63) is 70.5 Å². The molecule has 37 heavy (non-hydrogen) atoms. The number of H-pyrrole nitrogens is 1. The number of ether oxygens (including phenoxy) is 1. The molecule has 8 heteroatoms. The Morgan fingerprint density at radius 2 is 1.78 bits per heavy atom. The third-order valence-electron chi connectivity index (χ3n) is 5.57. The number of benzene rings is 2. The highest BCUT2D eigenvalue weighted by molar-refractivity contribution is 5.95. The Morgan fingerprint density at radius 1 is 1.05 bits per heavy atom. The lowest BCUT2D eigenvalue weighted by molar-refractivity contribution is -0.116. The Balaban J connectivity index is 1.58. The third-order valence-corrected chi connectivity index (χ3v) is 5.57. The summed E-state index contributed by atoms with van der Waals surface area (Å²) < 4.78 is 5.52. The predicted molar refractivity (Wildman–Crippen MR) is 148 cm³/mol. The molecule has 1 heterocycles. The molecule has 1 aromatic heterocycles. The first-order chi connectivity index (χ1) is 17.5. The van der Waals surface area contributed by atoms with Gasteiger partial charge in [0, 0.05) is 36.1 Å². The highest BCUT2D eigenvalue weighted by atomic mass is 16.6.